The van der Waals surface area contributed by atoms with Gasteiger partial charge in [-0.25, -0.2) is 0 Å². The standard InChI is InChI=1S/C13H16BrNO/c1-8-4-5-9(14)6-11(8)15-12(16)10-7-13(10,2)3/h4-6,10H,7H2,1-3H3,(H,15,16). The van der Waals surface area contributed by atoms with Gasteiger partial charge in [0.1, 0.15) is 0 Å². The molecule has 1 aliphatic rings. The van der Waals surface area contributed by atoms with E-state index in [0.29, 0.717) is 0 Å². The molecule has 1 unspecified atom stereocenters. The highest BCUT2D eigenvalue weighted by molar-refractivity contribution is 9.10. The van der Waals surface area contributed by atoms with Crippen LogP contribution in [0.1, 0.15) is 25.8 Å². The molecule has 0 aliphatic heterocycles. The van der Waals surface area contributed by atoms with Crippen LogP contribution in [0.2, 0.25) is 0 Å². The maximum atomic E-state index is 11.9. The third-order valence-electron chi connectivity index (χ3n) is 3.29. The lowest BCUT2D eigenvalue weighted by Gasteiger charge is -2.09. The van der Waals surface area contributed by atoms with Gasteiger partial charge in [-0.2, -0.15) is 0 Å². The number of aryl methyl sites for hydroxylation is 1. The maximum absolute atomic E-state index is 11.9. The van der Waals surface area contributed by atoms with Crippen LogP contribution in [-0.2, 0) is 4.79 Å². The zero-order valence-electron chi connectivity index (χ0n) is 9.80. The Balaban J connectivity index is 2.10. The van der Waals surface area contributed by atoms with Gasteiger partial charge in [0, 0.05) is 16.1 Å². The number of benzene rings is 1. The Morgan fingerprint density at radius 2 is 2.12 bits per heavy atom. The highest BCUT2D eigenvalue weighted by Crippen LogP contribution is 2.52. The van der Waals surface area contributed by atoms with E-state index in [-0.39, 0.29) is 17.2 Å². The monoisotopic (exact) mass is 281 g/mol. The van der Waals surface area contributed by atoms with Crippen LogP contribution in [0.4, 0.5) is 5.69 Å². The molecule has 1 aliphatic carbocycles. The first-order valence-electron chi connectivity index (χ1n) is 5.47. The Labute approximate surface area is 105 Å². The average molecular weight is 282 g/mol. The van der Waals surface area contributed by atoms with E-state index in [0.717, 1.165) is 22.1 Å². The zero-order valence-corrected chi connectivity index (χ0v) is 11.4. The van der Waals surface area contributed by atoms with Crippen LogP contribution in [0, 0.1) is 18.3 Å². The largest absolute Gasteiger partial charge is 0.326 e. The molecular formula is C13H16BrNO. The number of anilines is 1. The second-order valence-electron chi connectivity index (χ2n) is 5.19. The summed E-state index contributed by atoms with van der Waals surface area (Å²) in [6.07, 6.45) is 0.992. The third-order valence-corrected chi connectivity index (χ3v) is 3.78. The van der Waals surface area contributed by atoms with Crippen LogP contribution in [-0.4, -0.2) is 5.91 Å². The Morgan fingerprint density at radius 3 is 2.69 bits per heavy atom. The molecule has 0 spiro atoms. The SMILES string of the molecule is Cc1ccc(Br)cc1NC(=O)C1CC1(C)C. The molecule has 0 saturated heterocycles. The fraction of sp³-hybridized carbons (Fsp3) is 0.462. The van der Waals surface area contributed by atoms with E-state index in [1.54, 1.807) is 0 Å². The second-order valence-corrected chi connectivity index (χ2v) is 6.11. The number of carbonyl (C=O) groups is 1. The van der Waals surface area contributed by atoms with E-state index < -0.39 is 0 Å². The lowest BCUT2D eigenvalue weighted by atomic mass is 10.1. The van der Waals surface area contributed by atoms with Gasteiger partial charge in [0.2, 0.25) is 5.91 Å². The quantitative estimate of drug-likeness (QED) is 0.879. The van der Waals surface area contributed by atoms with Gasteiger partial charge in [-0.05, 0) is 36.5 Å². The van der Waals surface area contributed by atoms with E-state index in [1.807, 2.05) is 25.1 Å². The van der Waals surface area contributed by atoms with Crippen molar-refractivity contribution in [3.8, 4) is 0 Å². The summed E-state index contributed by atoms with van der Waals surface area (Å²) in [7, 11) is 0. The van der Waals surface area contributed by atoms with Gasteiger partial charge in [0.15, 0.2) is 0 Å². The molecule has 0 aromatic heterocycles. The fourth-order valence-electron chi connectivity index (χ4n) is 1.86. The van der Waals surface area contributed by atoms with Gasteiger partial charge < -0.3 is 5.32 Å². The van der Waals surface area contributed by atoms with Crippen LogP contribution >= 0.6 is 15.9 Å². The third kappa shape index (κ3) is 2.29. The van der Waals surface area contributed by atoms with E-state index in [4.69, 9.17) is 0 Å². The van der Waals surface area contributed by atoms with Crippen LogP contribution in [0.15, 0.2) is 22.7 Å². The van der Waals surface area contributed by atoms with Crippen molar-refractivity contribution in [3.05, 3.63) is 28.2 Å². The summed E-state index contributed by atoms with van der Waals surface area (Å²) in [5.41, 5.74) is 2.18. The van der Waals surface area contributed by atoms with E-state index in [2.05, 4.69) is 35.1 Å². The summed E-state index contributed by atoms with van der Waals surface area (Å²) >= 11 is 3.41. The molecule has 1 fully saturated rings. The molecule has 1 amide bonds. The summed E-state index contributed by atoms with van der Waals surface area (Å²) in [4.78, 5) is 11.9. The Bertz CT molecular complexity index is 440. The molecule has 1 aromatic carbocycles. The molecule has 1 aromatic rings. The highest BCUT2D eigenvalue weighted by atomic mass is 79.9. The summed E-state index contributed by atoms with van der Waals surface area (Å²) in [5, 5.41) is 3.00. The van der Waals surface area contributed by atoms with Crippen molar-refractivity contribution in [2.75, 3.05) is 5.32 Å². The van der Waals surface area contributed by atoms with Gasteiger partial charge in [0.25, 0.3) is 0 Å². The summed E-state index contributed by atoms with van der Waals surface area (Å²) in [6.45, 7) is 6.26. The first-order valence-corrected chi connectivity index (χ1v) is 6.26. The summed E-state index contributed by atoms with van der Waals surface area (Å²) < 4.78 is 0.989. The lowest BCUT2D eigenvalue weighted by molar-refractivity contribution is -0.118. The predicted molar refractivity (Wildman–Crippen MR) is 69.4 cm³/mol. The molecule has 2 nitrogen and oxygen atoms in total. The van der Waals surface area contributed by atoms with Crippen LogP contribution < -0.4 is 5.32 Å². The van der Waals surface area contributed by atoms with Crippen molar-refractivity contribution >= 4 is 27.5 Å². The van der Waals surface area contributed by atoms with Crippen molar-refractivity contribution in [1.29, 1.82) is 0 Å². The molecule has 0 radical (unpaired) electrons. The number of nitrogens with one attached hydrogen (secondary N) is 1. The van der Waals surface area contributed by atoms with Crippen LogP contribution in [0.25, 0.3) is 0 Å². The minimum Gasteiger partial charge on any atom is -0.326 e. The molecule has 0 heterocycles. The normalized spacial score (nSPS) is 21.6. The number of halogens is 1. The van der Waals surface area contributed by atoms with Crippen LogP contribution in [0.3, 0.4) is 0 Å². The molecule has 16 heavy (non-hydrogen) atoms. The molecule has 86 valence electrons. The van der Waals surface area contributed by atoms with E-state index >= 15 is 0 Å². The maximum Gasteiger partial charge on any atom is 0.228 e. The highest BCUT2D eigenvalue weighted by Gasteiger charge is 2.50. The van der Waals surface area contributed by atoms with Crippen molar-refractivity contribution in [1.82, 2.24) is 0 Å². The molecular weight excluding hydrogens is 266 g/mol. The summed E-state index contributed by atoms with van der Waals surface area (Å²) in [5.74, 6) is 0.317. The predicted octanol–water partition coefficient (Wildman–Crippen LogP) is 3.74. The number of rotatable bonds is 2. The topological polar surface area (TPSA) is 29.1 Å². The minimum absolute atomic E-state index is 0.145. The lowest BCUT2D eigenvalue weighted by Crippen LogP contribution is -2.17. The molecule has 1 saturated carbocycles. The van der Waals surface area contributed by atoms with Gasteiger partial charge in [-0.3, -0.25) is 4.79 Å². The molecule has 0 bridgehead atoms. The van der Waals surface area contributed by atoms with E-state index in [1.165, 1.54) is 0 Å². The van der Waals surface area contributed by atoms with Crippen LogP contribution in [0.5, 0.6) is 0 Å². The molecule has 1 atom stereocenters. The van der Waals surface area contributed by atoms with E-state index in [9.17, 15) is 4.79 Å². The Kier molecular flexibility index (Phi) is 2.82. The smallest absolute Gasteiger partial charge is 0.228 e. The van der Waals surface area contributed by atoms with Crippen molar-refractivity contribution in [2.45, 2.75) is 27.2 Å². The van der Waals surface area contributed by atoms with Gasteiger partial charge >= 0.3 is 0 Å². The van der Waals surface area contributed by atoms with Crippen molar-refractivity contribution in [2.24, 2.45) is 11.3 Å². The summed E-state index contributed by atoms with van der Waals surface area (Å²) in [6, 6.07) is 5.92. The Morgan fingerprint density at radius 1 is 1.50 bits per heavy atom. The number of amides is 1. The van der Waals surface area contributed by atoms with Gasteiger partial charge in [0.05, 0.1) is 0 Å². The first kappa shape index (κ1) is 11.6. The molecule has 3 heteroatoms. The second kappa shape index (κ2) is 3.88. The minimum atomic E-state index is 0.145. The fourth-order valence-corrected chi connectivity index (χ4v) is 2.22. The van der Waals surface area contributed by atoms with Crippen molar-refractivity contribution in [3.63, 3.8) is 0 Å². The number of hydrogen-bond acceptors (Lipinski definition) is 1. The first-order chi connectivity index (χ1) is 7.40. The zero-order chi connectivity index (χ0) is 11.9. The Hall–Kier alpha value is -0.830. The number of carbonyl (C=O) groups excluding carboxylic acids is 1. The average Bonchev–Trinajstić information content (AvgIpc) is 2.82. The molecule has 1 N–H and O–H groups in total. The number of hydrogen-bond donors (Lipinski definition) is 1. The van der Waals surface area contributed by atoms with Crippen molar-refractivity contribution < 1.29 is 4.79 Å². The van der Waals surface area contributed by atoms with Gasteiger partial charge in [-0.15, -0.1) is 0 Å². The molecule has 2 rings (SSSR count). The van der Waals surface area contributed by atoms with Gasteiger partial charge in [-0.1, -0.05) is 35.8 Å².